The van der Waals surface area contributed by atoms with Crippen LogP contribution in [0.5, 0.6) is 5.75 Å². The second-order valence-corrected chi connectivity index (χ2v) is 10.8. The van der Waals surface area contributed by atoms with Gasteiger partial charge in [-0.15, -0.1) is 17.0 Å². The van der Waals surface area contributed by atoms with Crippen LogP contribution in [0.4, 0.5) is 0 Å². The van der Waals surface area contributed by atoms with E-state index in [-0.39, 0.29) is 17.0 Å². The maximum Gasteiger partial charge on any atom is 0.119 e. The van der Waals surface area contributed by atoms with Crippen molar-refractivity contribution in [3.63, 3.8) is 0 Å². The first kappa shape index (κ1) is 25.3. The van der Waals surface area contributed by atoms with Gasteiger partial charge in [0.25, 0.3) is 0 Å². The molecule has 6 rings (SSSR count). The predicted octanol–water partition coefficient (Wildman–Crippen LogP) is 8.18. The minimum atomic E-state index is 0. The molecule has 3 aromatic carbocycles. The lowest BCUT2D eigenvalue weighted by molar-refractivity contribution is -0.0340. The number of likely N-dealkylation sites (tertiary alicyclic amines) is 1. The Morgan fingerprint density at radius 3 is 2.53 bits per heavy atom. The van der Waals surface area contributed by atoms with Gasteiger partial charge in [-0.2, -0.15) is 0 Å². The second-order valence-electron chi connectivity index (χ2n) is 10.8. The summed E-state index contributed by atoms with van der Waals surface area (Å²) in [6.45, 7) is 1.18. The number of rotatable bonds is 6. The van der Waals surface area contributed by atoms with E-state index in [4.69, 9.17) is 4.74 Å². The van der Waals surface area contributed by atoms with Gasteiger partial charge in [-0.25, -0.2) is 0 Å². The zero-order valence-electron chi connectivity index (χ0n) is 21.3. The van der Waals surface area contributed by atoms with Crippen molar-refractivity contribution in [2.45, 2.75) is 62.4 Å². The molecule has 3 aromatic rings. The number of hydrogen-bond donors (Lipinski definition) is 0. The van der Waals surface area contributed by atoms with Gasteiger partial charge < -0.3 is 4.74 Å². The SMILES string of the molecule is Br.COc1ccc2c(c1)[C@@]13CCCC[C@H]1[C@H](C2)N(C(C/C=C/c1ccccc1)c1ccccc1)CC3. The van der Waals surface area contributed by atoms with Gasteiger partial charge in [0.05, 0.1) is 7.11 Å². The van der Waals surface area contributed by atoms with Crippen LogP contribution in [0.2, 0.25) is 0 Å². The van der Waals surface area contributed by atoms with Crippen LogP contribution in [0, 0.1) is 5.92 Å². The zero-order chi connectivity index (χ0) is 23.7. The van der Waals surface area contributed by atoms with Crippen molar-refractivity contribution in [2.24, 2.45) is 5.92 Å². The summed E-state index contributed by atoms with van der Waals surface area (Å²) < 4.78 is 5.67. The van der Waals surface area contributed by atoms with Crippen molar-refractivity contribution in [3.8, 4) is 5.75 Å². The lowest BCUT2D eigenvalue weighted by atomic mass is 9.52. The molecule has 2 fully saturated rings. The summed E-state index contributed by atoms with van der Waals surface area (Å²) >= 11 is 0. The van der Waals surface area contributed by atoms with E-state index < -0.39 is 0 Å². The molecule has 2 bridgehead atoms. The van der Waals surface area contributed by atoms with Crippen LogP contribution in [0.25, 0.3) is 6.08 Å². The first-order valence-corrected chi connectivity index (χ1v) is 13.5. The Morgan fingerprint density at radius 2 is 1.75 bits per heavy atom. The van der Waals surface area contributed by atoms with Gasteiger partial charge in [0.1, 0.15) is 5.75 Å². The van der Waals surface area contributed by atoms with Crippen LogP contribution >= 0.6 is 17.0 Å². The molecule has 2 nitrogen and oxygen atoms in total. The van der Waals surface area contributed by atoms with E-state index in [1.54, 1.807) is 18.2 Å². The summed E-state index contributed by atoms with van der Waals surface area (Å²) in [6.07, 6.45) is 13.6. The van der Waals surface area contributed by atoms with E-state index in [0.29, 0.717) is 17.5 Å². The maximum absolute atomic E-state index is 5.67. The summed E-state index contributed by atoms with van der Waals surface area (Å²) in [7, 11) is 1.80. The molecular weight excluding hydrogens is 506 g/mol. The summed E-state index contributed by atoms with van der Waals surface area (Å²) in [4.78, 5) is 2.89. The summed E-state index contributed by atoms with van der Waals surface area (Å²) in [5.74, 6) is 1.77. The van der Waals surface area contributed by atoms with E-state index in [0.717, 1.165) is 24.5 Å². The van der Waals surface area contributed by atoms with Crippen molar-refractivity contribution >= 4 is 23.1 Å². The van der Waals surface area contributed by atoms with E-state index >= 15 is 0 Å². The highest BCUT2D eigenvalue weighted by molar-refractivity contribution is 8.93. The van der Waals surface area contributed by atoms with Gasteiger partial charge >= 0.3 is 0 Å². The van der Waals surface area contributed by atoms with Crippen molar-refractivity contribution < 1.29 is 4.74 Å². The van der Waals surface area contributed by atoms with Crippen LogP contribution in [-0.4, -0.2) is 24.6 Å². The molecule has 0 radical (unpaired) electrons. The lowest BCUT2D eigenvalue weighted by Crippen LogP contribution is -2.61. The summed E-state index contributed by atoms with van der Waals surface area (Å²) in [5, 5.41) is 0. The molecule has 0 amide bonds. The highest BCUT2D eigenvalue weighted by Gasteiger charge is 2.54. The zero-order valence-corrected chi connectivity index (χ0v) is 23.0. The molecular formula is C33H38BrNO. The van der Waals surface area contributed by atoms with Crippen LogP contribution in [-0.2, 0) is 11.8 Å². The van der Waals surface area contributed by atoms with Gasteiger partial charge in [-0.1, -0.05) is 91.7 Å². The average Bonchev–Trinajstić information content (AvgIpc) is 2.92. The molecule has 0 N–H and O–H groups in total. The Kier molecular flexibility index (Phi) is 7.69. The number of hydrogen-bond acceptors (Lipinski definition) is 2. The molecule has 1 unspecified atom stereocenters. The van der Waals surface area contributed by atoms with Gasteiger partial charge in [0.2, 0.25) is 0 Å². The third-order valence-corrected chi connectivity index (χ3v) is 9.14. The summed E-state index contributed by atoms with van der Waals surface area (Å²) in [6, 6.07) is 29.9. The highest BCUT2D eigenvalue weighted by Crippen LogP contribution is 2.57. The molecule has 188 valence electrons. The number of nitrogens with zero attached hydrogens (tertiary/aromatic N) is 1. The largest absolute Gasteiger partial charge is 0.497 e. The highest BCUT2D eigenvalue weighted by atomic mass is 79.9. The molecule has 3 heteroatoms. The fourth-order valence-electron chi connectivity index (χ4n) is 7.56. The van der Waals surface area contributed by atoms with Crippen molar-refractivity contribution in [1.29, 1.82) is 0 Å². The molecule has 1 saturated heterocycles. The van der Waals surface area contributed by atoms with Crippen LogP contribution in [0.15, 0.2) is 84.9 Å². The van der Waals surface area contributed by atoms with Gasteiger partial charge in [-0.3, -0.25) is 4.90 Å². The minimum absolute atomic E-state index is 0. The van der Waals surface area contributed by atoms with Crippen molar-refractivity contribution in [1.82, 2.24) is 4.90 Å². The second kappa shape index (κ2) is 10.9. The first-order chi connectivity index (χ1) is 17.3. The normalized spacial score (nSPS) is 25.9. The van der Waals surface area contributed by atoms with E-state index in [9.17, 15) is 0 Å². The molecule has 0 aromatic heterocycles. The van der Waals surface area contributed by atoms with Crippen LogP contribution < -0.4 is 4.74 Å². The Balaban J connectivity index is 0.00000267. The van der Waals surface area contributed by atoms with E-state index in [2.05, 4.69) is 95.9 Å². The lowest BCUT2D eigenvalue weighted by Gasteiger charge is -2.60. The Bertz CT molecular complexity index is 1180. The molecule has 1 aliphatic heterocycles. The van der Waals surface area contributed by atoms with Gasteiger partial charge in [0.15, 0.2) is 0 Å². The predicted molar refractivity (Wildman–Crippen MR) is 155 cm³/mol. The average molecular weight is 545 g/mol. The summed E-state index contributed by atoms with van der Waals surface area (Å²) in [5.41, 5.74) is 6.24. The molecule has 2 aliphatic carbocycles. The third kappa shape index (κ3) is 4.57. The number of piperidine rings is 1. The number of ether oxygens (including phenoxy) is 1. The Morgan fingerprint density at radius 1 is 0.972 bits per heavy atom. The number of methoxy groups -OCH3 is 1. The van der Waals surface area contributed by atoms with Gasteiger partial charge in [0, 0.05) is 17.5 Å². The molecule has 1 saturated carbocycles. The van der Waals surface area contributed by atoms with Crippen molar-refractivity contribution in [2.75, 3.05) is 13.7 Å². The quantitative estimate of drug-likeness (QED) is 0.310. The maximum atomic E-state index is 5.67. The van der Waals surface area contributed by atoms with E-state index in [1.165, 1.54) is 49.8 Å². The fourth-order valence-corrected chi connectivity index (χ4v) is 7.56. The van der Waals surface area contributed by atoms with E-state index in [1.807, 2.05) is 0 Å². The topological polar surface area (TPSA) is 12.5 Å². The number of halogens is 1. The van der Waals surface area contributed by atoms with Crippen LogP contribution in [0.3, 0.4) is 0 Å². The van der Waals surface area contributed by atoms with Crippen molar-refractivity contribution in [3.05, 3.63) is 107 Å². The monoisotopic (exact) mass is 543 g/mol. The van der Waals surface area contributed by atoms with Crippen LogP contribution in [0.1, 0.15) is 66.8 Å². The Hall–Kier alpha value is -2.36. The molecule has 3 aliphatic rings. The number of benzene rings is 3. The smallest absolute Gasteiger partial charge is 0.119 e. The molecule has 4 atom stereocenters. The Labute approximate surface area is 227 Å². The minimum Gasteiger partial charge on any atom is -0.497 e. The standard InChI is InChI=1S/C33H37NO.BrH/c1-35-28-19-18-27-23-32-29-16-8-9-20-33(29,30(27)24-28)21-22-34(32)31(26-14-6-3-7-15-26)17-10-13-25-11-4-2-5-12-25;/h2-7,10-15,18-19,24,29,31-32H,8-9,16-17,20-23H2,1H3;1H/b13-10+;/t29-,31?,32-,33+;/m0./s1. The number of fused-ring (bicyclic) bond motifs is 1. The third-order valence-electron chi connectivity index (χ3n) is 9.14. The molecule has 1 heterocycles. The molecule has 36 heavy (non-hydrogen) atoms. The van der Waals surface area contributed by atoms with Gasteiger partial charge in [-0.05, 0) is 79.0 Å². The molecule has 0 spiro atoms. The fraction of sp³-hybridized carbons (Fsp3) is 0.394. The first-order valence-electron chi connectivity index (χ1n) is 13.5.